The maximum Gasteiger partial charge on any atom is 0.230 e. The second-order valence-corrected chi connectivity index (χ2v) is 7.98. The molecule has 8 heteroatoms. The van der Waals surface area contributed by atoms with Crippen LogP contribution in [0.3, 0.4) is 0 Å². The van der Waals surface area contributed by atoms with Gasteiger partial charge in [-0.15, -0.1) is 10.2 Å². The molecule has 0 saturated carbocycles. The van der Waals surface area contributed by atoms with Gasteiger partial charge in [-0.3, -0.25) is 9.69 Å². The molecule has 2 heterocycles. The number of benzene rings is 1. The van der Waals surface area contributed by atoms with Crippen molar-refractivity contribution in [3.8, 4) is 5.75 Å². The van der Waals surface area contributed by atoms with Crippen LogP contribution in [0.25, 0.3) is 0 Å². The fourth-order valence-corrected chi connectivity index (χ4v) is 4.23. The molecule has 1 N–H and O–H groups in total. The summed E-state index contributed by atoms with van der Waals surface area (Å²) < 4.78 is 6.26. The van der Waals surface area contributed by atoms with Crippen molar-refractivity contribution >= 4 is 29.0 Å². The molecule has 25 heavy (non-hydrogen) atoms. The van der Waals surface area contributed by atoms with Gasteiger partial charge < -0.3 is 10.1 Å². The Balaban J connectivity index is 1.40. The number of likely N-dealkylation sites (tertiary alicyclic amines) is 1. The van der Waals surface area contributed by atoms with E-state index < -0.39 is 0 Å². The number of nitrogens with zero attached hydrogens (tertiary/aromatic N) is 3. The Kier molecular flexibility index (Phi) is 6.66. The zero-order valence-electron chi connectivity index (χ0n) is 14.2. The Bertz CT molecular complexity index is 673. The summed E-state index contributed by atoms with van der Waals surface area (Å²) in [6, 6.07) is 8.40. The lowest BCUT2D eigenvalue weighted by molar-refractivity contribution is -0.119. The van der Waals surface area contributed by atoms with E-state index in [1.807, 2.05) is 18.2 Å². The number of carbonyl (C=O) groups excluding carboxylic acids is 1. The number of hydrogen-bond donors (Lipinski definition) is 1. The predicted octanol–water partition coefficient (Wildman–Crippen LogP) is 2.42. The molecule has 6 nitrogen and oxygen atoms in total. The van der Waals surface area contributed by atoms with E-state index in [1.165, 1.54) is 28.7 Å². The van der Waals surface area contributed by atoms with Crippen LogP contribution in [-0.2, 0) is 11.3 Å². The van der Waals surface area contributed by atoms with Crippen molar-refractivity contribution in [3.63, 3.8) is 0 Å². The first kappa shape index (κ1) is 18.2. The molecule has 0 unspecified atom stereocenters. The first-order valence-corrected chi connectivity index (χ1v) is 10.1. The molecule has 1 fully saturated rings. The van der Waals surface area contributed by atoms with E-state index in [0.29, 0.717) is 5.75 Å². The van der Waals surface area contributed by atoms with Crippen LogP contribution in [0.4, 0.5) is 0 Å². The maximum absolute atomic E-state index is 12.1. The van der Waals surface area contributed by atoms with Crippen molar-refractivity contribution in [2.75, 3.05) is 26.0 Å². The van der Waals surface area contributed by atoms with Crippen LogP contribution >= 0.6 is 23.1 Å². The van der Waals surface area contributed by atoms with Crippen molar-refractivity contribution in [1.82, 2.24) is 20.4 Å². The summed E-state index contributed by atoms with van der Waals surface area (Å²) in [6.07, 6.45) is 1.95. The van der Waals surface area contributed by atoms with Gasteiger partial charge in [0.2, 0.25) is 5.91 Å². The van der Waals surface area contributed by atoms with Gasteiger partial charge in [0.25, 0.3) is 0 Å². The lowest BCUT2D eigenvalue weighted by Gasteiger charge is -2.32. The number of hydrogen-bond acceptors (Lipinski definition) is 7. The molecule has 1 aliphatic rings. The van der Waals surface area contributed by atoms with E-state index in [1.54, 1.807) is 12.6 Å². The van der Waals surface area contributed by atoms with Gasteiger partial charge in [0.1, 0.15) is 11.3 Å². The van der Waals surface area contributed by atoms with Crippen molar-refractivity contribution in [3.05, 3.63) is 35.3 Å². The van der Waals surface area contributed by atoms with Crippen LogP contribution in [0, 0.1) is 0 Å². The molecule has 0 radical (unpaired) electrons. The van der Waals surface area contributed by atoms with E-state index in [4.69, 9.17) is 4.74 Å². The molecule has 0 aliphatic carbocycles. The number of para-hydroxylation sites is 1. The van der Waals surface area contributed by atoms with E-state index in [2.05, 4.69) is 26.5 Å². The zero-order valence-corrected chi connectivity index (χ0v) is 15.8. The monoisotopic (exact) mass is 378 g/mol. The first-order valence-electron chi connectivity index (χ1n) is 8.27. The largest absolute Gasteiger partial charge is 0.496 e. The molecular formula is C17H22N4O2S2. The number of rotatable bonds is 7. The molecule has 2 aromatic rings. The van der Waals surface area contributed by atoms with Gasteiger partial charge in [0, 0.05) is 31.2 Å². The van der Waals surface area contributed by atoms with Crippen molar-refractivity contribution in [2.24, 2.45) is 0 Å². The number of methoxy groups -OCH3 is 1. The van der Waals surface area contributed by atoms with Crippen LogP contribution in [0.5, 0.6) is 5.75 Å². The number of ether oxygens (including phenoxy) is 1. The molecule has 0 spiro atoms. The summed E-state index contributed by atoms with van der Waals surface area (Å²) in [6.45, 7) is 2.84. The lowest BCUT2D eigenvalue weighted by atomic mass is 10.0. The highest BCUT2D eigenvalue weighted by Crippen LogP contribution is 2.22. The zero-order chi connectivity index (χ0) is 17.5. The second kappa shape index (κ2) is 9.17. The van der Waals surface area contributed by atoms with Gasteiger partial charge >= 0.3 is 0 Å². The predicted molar refractivity (Wildman–Crippen MR) is 100 cm³/mol. The Hall–Kier alpha value is -1.64. The van der Waals surface area contributed by atoms with Crippen molar-refractivity contribution in [1.29, 1.82) is 0 Å². The first-order chi connectivity index (χ1) is 12.2. The average Bonchev–Trinajstić information content (AvgIpc) is 3.16. The highest BCUT2D eigenvalue weighted by molar-refractivity contribution is 8.01. The summed E-state index contributed by atoms with van der Waals surface area (Å²) >= 11 is 2.90. The number of piperidine rings is 1. The summed E-state index contributed by atoms with van der Waals surface area (Å²) in [7, 11) is 1.71. The SMILES string of the molecule is COc1ccccc1CN1CCC(NC(=O)CSc2nncs2)CC1. The fourth-order valence-electron chi connectivity index (χ4n) is 2.93. The standard InChI is InChI=1S/C17H22N4O2S2/c1-23-15-5-3-2-4-13(15)10-21-8-6-14(7-9-21)19-16(22)11-24-17-20-18-12-25-17/h2-5,12,14H,6-11H2,1H3,(H,19,22). The topological polar surface area (TPSA) is 67.3 Å². The third-order valence-electron chi connectivity index (χ3n) is 4.21. The van der Waals surface area contributed by atoms with Crippen LogP contribution in [0.2, 0.25) is 0 Å². The number of nitrogens with one attached hydrogen (secondary N) is 1. The second-order valence-electron chi connectivity index (χ2n) is 5.92. The van der Waals surface area contributed by atoms with Gasteiger partial charge in [-0.2, -0.15) is 0 Å². The molecule has 3 rings (SSSR count). The molecule has 1 amide bonds. The summed E-state index contributed by atoms with van der Waals surface area (Å²) in [4.78, 5) is 14.5. The molecular weight excluding hydrogens is 356 g/mol. The van der Waals surface area contributed by atoms with Crippen LogP contribution in [0.15, 0.2) is 34.1 Å². The third-order valence-corrected chi connectivity index (χ3v) is 6.07. The lowest BCUT2D eigenvalue weighted by Crippen LogP contribution is -2.44. The number of aromatic nitrogens is 2. The van der Waals surface area contributed by atoms with Crippen LogP contribution < -0.4 is 10.1 Å². The molecule has 1 aromatic carbocycles. The number of carbonyl (C=O) groups is 1. The van der Waals surface area contributed by atoms with Gasteiger partial charge in [-0.25, -0.2) is 0 Å². The van der Waals surface area contributed by atoms with E-state index >= 15 is 0 Å². The fraction of sp³-hybridized carbons (Fsp3) is 0.471. The Morgan fingerprint density at radius 2 is 2.20 bits per heavy atom. The van der Waals surface area contributed by atoms with E-state index in [0.717, 1.165) is 42.6 Å². The molecule has 0 bridgehead atoms. The van der Waals surface area contributed by atoms with Crippen molar-refractivity contribution < 1.29 is 9.53 Å². The normalized spacial score (nSPS) is 15.9. The molecule has 1 saturated heterocycles. The highest BCUT2D eigenvalue weighted by Gasteiger charge is 2.21. The van der Waals surface area contributed by atoms with Gasteiger partial charge in [0.05, 0.1) is 12.9 Å². The minimum absolute atomic E-state index is 0.0726. The van der Waals surface area contributed by atoms with E-state index in [9.17, 15) is 4.79 Å². The molecule has 134 valence electrons. The Labute approximate surface area is 156 Å². The van der Waals surface area contributed by atoms with E-state index in [-0.39, 0.29) is 11.9 Å². The van der Waals surface area contributed by atoms with Crippen LogP contribution in [-0.4, -0.2) is 53.0 Å². The van der Waals surface area contributed by atoms with Crippen LogP contribution in [0.1, 0.15) is 18.4 Å². The quantitative estimate of drug-likeness (QED) is 0.747. The summed E-state index contributed by atoms with van der Waals surface area (Å²) in [5.41, 5.74) is 2.89. The van der Waals surface area contributed by atoms with Gasteiger partial charge in [-0.05, 0) is 18.9 Å². The molecule has 1 aromatic heterocycles. The Morgan fingerprint density at radius 3 is 2.92 bits per heavy atom. The highest BCUT2D eigenvalue weighted by atomic mass is 32.2. The molecule has 1 aliphatic heterocycles. The Morgan fingerprint density at radius 1 is 1.40 bits per heavy atom. The maximum atomic E-state index is 12.1. The smallest absolute Gasteiger partial charge is 0.230 e. The summed E-state index contributed by atoms with van der Waals surface area (Å²) in [5, 5.41) is 10.8. The number of amides is 1. The minimum Gasteiger partial charge on any atom is -0.496 e. The summed E-state index contributed by atoms with van der Waals surface area (Å²) in [5.74, 6) is 1.41. The average molecular weight is 379 g/mol. The molecule has 0 atom stereocenters. The van der Waals surface area contributed by atoms with Crippen molar-refractivity contribution in [2.45, 2.75) is 29.8 Å². The number of thioether (sulfide) groups is 1. The minimum atomic E-state index is 0.0726. The van der Waals surface area contributed by atoms with Gasteiger partial charge in [0.15, 0.2) is 4.34 Å². The third kappa shape index (κ3) is 5.42. The van der Waals surface area contributed by atoms with Gasteiger partial charge in [-0.1, -0.05) is 41.3 Å².